The van der Waals surface area contributed by atoms with Crippen molar-refractivity contribution in [2.75, 3.05) is 65.2 Å². The van der Waals surface area contributed by atoms with E-state index in [1.807, 2.05) is 0 Å². The van der Waals surface area contributed by atoms with E-state index in [1.165, 1.54) is 64.2 Å². The Morgan fingerprint density at radius 2 is 1.96 bits per heavy atom. The fourth-order valence-corrected chi connectivity index (χ4v) is 4.24. The fraction of sp³-hybridized carbons (Fsp3) is 0.941. The quantitative estimate of drug-likeness (QED) is 0.247. The molecule has 0 spiro atoms. The number of piperazine rings is 1. The van der Waals surface area contributed by atoms with E-state index in [9.17, 15) is 0 Å². The minimum Gasteiger partial charge on any atom is -0.357 e. The van der Waals surface area contributed by atoms with Crippen molar-refractivity contribution in [2.45, 2.75) is 37.9 Å². The Balaban J connectivity index is 0.00000288. The van der Waals surface area contributed by atoms with Gasteiger partial charge in [-0.2, -0.15) is 11.8 Å². The zero-order chi connectivity index (χ0) is 16.3. The third-order valence-corrected chi connectivity index (χ3v) is 5.99. The summed E-state index contributed by atoms with van der Waals surface area (Å²) in [4.78, 5) is 9.76. The highest BCUT2D eigenvalue weighted by Crippen LogP contribution is 2.25. The molecule has 2 heterocycles. The SMILES string of the molecule is CCNC(=NCC1CCCS1)NCCCCN1CCN(C)CC1.I. The van der Waals surface area contributed by atoms with E-state index in [2.05, 4.69) is 46.2 Å². The Bertz CT molecular complexity index is 342. The van der Waals surface area contributed by atoms with Gasteiger partial charge in [-0.3, -0.25) is 4.99 Å². The van der Waals surface area contributed by atoms with Gasteiger partial charge in [0, 0.05) is 44.5 Å². The Labute approximate surface area is 169 Å². The zero-order valence-corrected chi connectivity index (χ0v) is 18.6. The molecule has 0 bridgehead atoms. The highest BCUT2D eigenvalue weighted by atomic mass is 127. The number of guanidine groups is 1. The number of rotatable bonds is 8. The largest absolute Gasteiger partial charge is 0.357 e. The van der Waals surface area contributed by atoms with Crippen LogP contribution in [0, 0.1) is 0 Å². The summed E-state index contributed by atoms with van der Waals surface area (Å²) in [6.07, 6.45) is 5.18. The number of nitrogens with one attached hydrogen (secondary N) is 2. The van der Waals surface area contributed by atoms with Gasteiger partial charge in [0.05, 0.1) is 6.54 Å². The van der Waals surface area contributed by atoms with Gasteiger partial charge < -0.3 is 20.4 Å². The second kappa shape index (κ2) is 13.5. The first kappa shape index (κ1) is 22.3. The minimum absolute atomic E-state index is 0. The van der Waals surface area contributed by atoms with Crippen LogP contribution < -0.4 is 10.6 Å². The lowest BCUT2D eigenvalue weighted by Crippen LogP contribution is -2.44. The van der Waals surface area contributed by atoms with Crippen LogP contribution in [0.4, 0.5) is 0 Å². The van der Waals surface area contributed by atoms with Crippen molar-refractivity contribution < 1.29 is 0 Å². The molecule has 0 saturated carbocycles. The van der Waals surface area contributed by atoms with Crippen LogP contribution in [0.2, 0.25) is 0 Å². The van der Waals surface area contributed by atoms with Crippen molar-refractivity contribution >= 4 is 41.7 Å². The maximum atomic E-state index is 4.75. The van der Waals surface area contributed by atoms with Gasteiger partial charge in [-0.25, -0.2) is 0 Å². The van der Waals surface area contributed by atoms with E-state index in [0.717, 1.165) is 30.8 Å². The smallest absolute Gasteiger partial charge is 0.191 e. The van der Waals surface area contributed by atoms with Crippen LogP contribution in [0.25, 0.3) is 0 Å². The number of hydrogen-bond acceptors (Lipinski definition) is 4. The number of thioether (sulfide) groups is 1. The monoisotopic (exact) mass is 469 g/mol. The number of halogens is 1. The molecular formula is C17H36IN5S. The maximum absolute atomic E-state index is 4.75. The third kappa shape index (κ3) is 9.10. The zero-order valence-electron chi connectivity index (χ0n) is 15.4. The van der Waals surface area contributed by atoms with Gasteiger partial charge in [0.2, 0.25) is 0 Å². The molecule has 2 aliphatic rings. The van der Waals surface area contributed by atoms with Crippen molar-refractivity contribution in [3.8, 4) is 0 Å². The molecular weight excluding hydrogens is 433 g/mol. The molecule has 0 aromatic carbocycles. The predicted octanol–water partition coefficient (Wildman–Crippen LogP) is 2.08. The van der Waals surface area contributed by atoms with Crippen LogP contribution in [0.1, 0.15) is 32.6 Å². The molecule has 0 radical (unpaired) electrons. The average Bonchev–Trinajstić information content (AvgIpc) is 3.07. The highest BCUT2D eigenvalue weighted by Gasteiger charge is 2.15. The van der Waals surface area contributed by atoms with Crippen molar-refractivity contribution in [3.63, 3.8) is 0 Å². The normalized spacial score (nSPS) is 23.1. The summed E-state index contributed by atoms with van der Waals surface area (Å²) in [5, 5.41) is 7.60. The molecule has 2 fully saturated rings. The summed E-state index contributed by atoms with van der Waals surface area (Å²) >= 11 is 2.08. The van der Waals surface area contributed by atoms with Gasteiger partial charge in [0.25, 0.3) is 0 Å². The second-order valence-corrected chi connectivity index (χ2v) is 8.04. The van der Waals surface area contributed by atoms with Crippen LogP contribution in [-0.2, 0) is 0 Å². The fourth-order valence-electron chi connectivity index (χ4n) is 3.06. The summed E-state index contributed by atoms with van der Waals surface area (Å²) in [7, 11) is 2.22. The van der Waals surface area contributed by atoms with E-state index in [-0.39, 0.29) is 24.0 Å². The molecule has 2 rings (SSSR count). The highest BCUT2D eigenvalue weighted by molar-refractivity contribution is 14.0. The molecule has 0 aliphatic carbocycles. The van der Waals surface area contributed by atoms with Gasteiger partial charge in [-0.1, -0.05) is 0 Å². The van der Waals surface area contributed by atoms with Gasteiger partial charge >= 0.3 is 0 Å². The molecule has 2 saturated heterocycles. The van der Waals surface area contributed by atoms with Crippen molar-refractivity contribution in [1.82, 2.24) is 20.4 Å². The van der Waals surface area contributed by atoms with Gasteiger partial charge in [-0.15, -0.1) is 24.0 Å². The van der Waals surface area contributed by atoms with Crippen molar-refractivity contribution in [2.24, 2.45) is 4.99 Å². The van der Waals surface area contributed by atoms with Gasteiger partial charge in [0.15, 0.2) is 5.96 Å². The number of nitrogens with zero attached hydrogens (tertiary/aromatic N) is 3. The van der Waals surface area contributed by atoms with E-state index >= 15 is 0 Å². The minimum atomic E-state index is 0. The van der Waals surface area contributed by atoms with Crippen LogP contribution in [0.3, 0.4) is 0 Å². The molecule has 1 unspecified atom stereocenters. The lowest BCUT2D eigenvalue weighted by Gasteiger charge is -2.32. The molecule has 0 amide bonds. The Morgan fingerprint density at radius 1 is 1.17 bits per heavy atom. The van der Waals surface area contributed by atoms with Crippen LogP contribution in [0.15, 0.2) is 4.99 Å². The Morgan fingerprint density at radius 3 is 2.62 bits per heavy atom. The molecule has 24 heavy (non-hydrogen) atoms. The topological polar surface area (TPSA) is 42.9 Å². The summed E-state index contributed by atoms with van der Waals surface area (Å²) < 4.78 is 0. The summed E-state index contributed by atoms with van der Waals surface area (Å²) in [5.41, 5.74) is 0. The van der Waals surface area contributed by atoms with Gasteiger partial charge in [0.1, 0.15) is 0 Å². The van der Waals surface area contributed by atoms with Gasteiger partial charge in [-0.05, 0) is 52.0 Å². The molecule has 0 aromatic heterocycles. The molecule has 1 atom stereocenters. The summed E-state index contributed by atoms with van der Waals surface area (Å²) in [5.74, 6) is 2.32. The van der Waals surface area contributed by atoms with Crippen LogP contribution in [-0.4, -0.2) is 86.2 Å². The van der Waals surface area contributed by atoms with Crippen molar-refractivity contribution in [3.05, 3.63) is 0 Å². The van der Waals surface area contributed by atoms with E-state index in [0.29, 0.717) is 0 Å². The number of hydrogen-bond donors (Lipinski definition) is 2. The number of aliphatic imine (C=N–C) groups is 1. The summed E-state index contributed by atoms with van der Waals surface area (Å²) in [6.45, 7) is 11.2. The molecule has 5 nitrogen and oxygen atoms in total. The van der Waals surface area contributed by atoms with E-state index in [1.54, 1.807) is 0 Å². The predicted molar refractivity (Wildman–Crippen MR) is 118 cm³/mol. The van der Waals surface area contributed by atoms with E-state index < -0.39 is 0 Å². The first-order chi connectivity index (χ1) is 11.3. The summed E-state index contributed by atoms with van der Waals surface area (Å²) in [6, 6.07) is 0. The second-order valence-electron chi connectivity index (χ2n) is 6.63. The maximum Gasteiger partial charge on any atom is 0.191 e. The third-order valence-electron chi connectivity index (χ3n) is 4.61. The lowest BCUT2D eigenvalue weighted by atomic mass is 10.2. The first-order valence-corrected chi connectivity index (χ1v) is 10.4. The molecule has 0 aromatic rings. The van der Waals surface area contributed by atoms with E-state index in [4.69, 9.17) is 4.99 Å². The lowest BCUT2D eigenvalue weighted by molar-refractivity contribution is 0.152. The van der Waals surface area contributed by atoms with Crippen molar-refractivity contribution in [1.29, 1.82) is 0 Å². The standard InChI is InChI=1S/C17H35N5S.HI/c1-3-18-17(20-15-16-7-6-14-23-16)19-8-4-5-9-22-12-10-21(2)11-13-22;/h16H,3-15H2,1-2H3,(H2,18,19,20);1H. The Hall–Kier alpha value is 0.270. The molecule has 7 heteroatoms. The number of likely N-dealkylation sites (N-methyl/N-ethyl adjacent to an activating group) is 1. The average molecular weight is 469 g/mol. The first-order valence-electron chi connectivity index (χ1n) is 9.32. The van der Waals surface area contributed by atoms with Crippen LogP contribution in [0.5, 0.6) is 0 Å². The van der Waals surface area contributed by atoms with Crippen LogP contribution >= 0.6 is 35.7 Å². The Kier molecular flexibility index (Phi) is 12.5. The molecule has 2 N–H and O–H groups in total. The molecule has 2 aliphatic heterocycles. The molecule has 142 valence electrons. The number of unbranched alkanes of at least 4 members (excludes halogenated alkanes) is 1.